The molecule has 2 aliphatic heterocycles. The van der Waals surface area contributed by atoms with Crippen LogP contribution < -0.4 is 33.6 Å². The van der Waals surface area contributed by atoms with Crippen molar-refractivity contribution in [2.75, 3.05) is 13.1 Å². The van der Waals surface area contributed by atoms with Crippen LogP contribution in [0.3, 0.4) is 0 Å². The fourth-order valence-electron chi connectivity index (χ4n) is 7.08. The van der Waals surface area contributed by atoms with Gasteiger partial charge >= 0.3 is 0 Å². The summed E-state index contributed by atoms with van der Waals surface area (Å²) in [5.41, 5.74) is 23.4. The van der Waals surface area contributed by atoms with Crippen LogP contribution in [0.1, 0.15) is 70.3 Å². The van der Waals surface area contributed by atoms with Crippen LogP contribution in [0.4, 0.5) is 0 Å². The summed E-state index contributed by atoms with van der Waals surface area (Å²) in [6, 6.07) is 2.43. The Bertz CT molecular complexity index is 1340. The summed E-state index contributed by atoms with van der Waals surface area (Å²) in [7, 11) is 0. The summed E-state index contributed by atoms with van der Waals surface area (Å²) in [6.45, 7) is 2.22. The minimum atomic E-state index is -1.00. The molecule has 14 nitrogen and oxygen atoms in total. The van der Waals surface area contributed by atoms with Gasteiger partial charge in [0, 0.05) is 30.6 Å². The summed E-state index contributed by atoms with van der Waals surface area (Å²) in [4.78, 5) is 73.7. The molecule has 2 heterocycles. The van der Waals surface area contributed by atoms with Crippen LogP contribution in [0.15, 0.2) is 29.3 Å². The van der Waals surface area contributed by atoms with Crippen LogP contribution >= 0.6 is 11.6 Å². The predicted molar refractivity (Wildman–Crippen MR) is 178 cm³/mol. The zero-order valence-electron chi connectivity index (χ0n) is 26.9. The number of fused-ring (bicyclic) bond motifs is 1. The van der Waals surface area contributed by atoms with Crippen LogP contribution in [0.2, 0.25) is 5.02 Å². The third-order valence-electron chi connectivity index (χ3n) is 9.52. The standard InChI is InChI=1S/C32H48ClN9O5/c1-18(28(44)40-23(27(35)43)16-19-10-12-21(33)13-11-19)39-29(45)25-9-5-15-41(25)31(47)26-17-20-6-2-3-8-24(20)42(26)30(46)22(34)7-4-14-38-32(36)37/h10-13,18,20,22-26H,2-9,14-17,34H2,1H3,(H2,35,43)(H,39,45)(H,40,44)(H4,36,37,38)/t18-,20+,22-,23+,24+,25+,26+/m1/s1. The monoisotopic (exact) mass is 673 g/mol. The highest BCUT2D eigenvalue weighted by molar-refractivity contribution is 6.30. The van der Waals surface area contributed by atoms with Crippen LogP contribution in [0.25, 0.3) is 0 Å². The maximum Gasteiger partial charge on any atom is 0.246 e. The van der Waals surface area contributed by atoms with Crippen molar-refractivity contribution in [2.45, 2.75) is 107 Å². The molecule has 0 radical (unpaired) electrons. The van der Waals surface area contributed by atoms with E-state index in [0.29, 0.717) is 50.2 Å². The maximum atomic E-state index is 14.1. The number of hydrogen-bond acceptors (Lipinski definition) is 7. The van der Waals surface area contributed by atoms with Crippen LogP contribution in [0, 0.1) is 5.92 Å². The van der Waals surface area contributed by atoms with E-state index in [9.17, 15) is 24.0 Å². The number of rotatable bonds is 13. The zero-order chi connectivity index (χ0) is 34.2. The molecule has 2 saturated heterocycles. The summed E-state index contributed by atoms with van der Waals surface area (Å²) in [5.74, 6) is -2.15. The SMILES string of the molecule is C[C@@H](NC(=O)[C@@H]1CCCN1C(=O)[C@@H]1C[C@@H]2CCCC[C@@H]2N1C(=O)[C@H](N)CCCN=C(N)N)C(=O)N[C@@H](Cc1ccc(Cl)cc1)C(N)=O. The quantitative estimate of drug-likeness (QED) is 0.0937. The topological polar surface area (TPSA) is 232 Å². The van der Waals surface area contributed by atoms with Gasteiger partial charge in [-0.3, -0.25) is 29.0 Å². The molecule has 1 aromatic rings. The lowest BCUT2D eigenvalue weighted by molar-refractivity contribution is -0.149. The van der Waals surface area contributed by atoms with Gasteiger partial charge in [-0.2, -0.15) is 0 Å². The number of primary amides is 1. The van der Waals surface area contributed by atoms with Gasteiger partial charge in [0.2, 0.25) is 29.5 Å². The largest absolute Gasteiger partial charge is 0.370 e. The average Bonchev–Trinajstić information content (AvgIpc) is 3.68. The van der Waals surface area contributed by atoms with E-state index in [1.807, 2.05) is 0 Å². The first-order valence-corrected chi connectivity index (χ1v) is 16.8. The Kier molecular flexibility index (Phi) is 12.4. The molecule has 4 rings (SSSR count). The van der Waals surface area contributed by atoms with Crippen molar-refractivity contribution in [3.63, 3.8) is 0 Å². The number of carbonyl (C=O) groups is 5. The van der Waals surface area contributed by atoms with Gasteiger partial charge in [-0.1, -0.05) is 36.6 Å². The number of halogens is 1. The molecule has 1 aliphatic carbocycles. The summed E-state index contributed by atoms with van der Waals surface area (Å²) in [5, 5.41) is 5.86. The number of nitrogens with zero attached hydrogens (tertiary/aromatic N) is 3. The van der Waals surface area contributed by atoms with Gasteiger partial charge in [0.05, 0.1) is 6.04 Å². The predicted octanol–water partition coefficient (Wildman–Crippen LogP) is -0.111. The van der Waals surface area contributed by atoms with Crippen molar-refractivity contribution < 1.29 is 24.0 Å². The number of nitrogens with one attached hydrogen (secondary N) is 2. The Morgan fingerprint density at radius 2 is 1.68 bits per heavy atom. The van der Waals surface area contributed by atoms with Crippen LogP contribution in [-0.4, -0.2) is 94.6 Å². The molecule has 7 atom stereocenters. The Balaban J connectivity index is 1.40. The number of likely N-dealkylation sites (tertiary alicyclic amines) is 2. The molecule has 0 spiro atoms. The third kappa shape index (κ3) is 9.13. The minimum Gasteiger partial charge on any atom is -0.370 e. The second-order valence-corrected chi connectivity index (χ2v) is 13.3. The molecule has 1 aromatic carbocycles. The molecule has 5 amide bonds. The lowest BCUT2D eigenvalue weighted by atomic mass is 9.84. The fraction of sp³-hybridized carbons (Fsp3) is 0.625. The van der Waals surface area contributed by atoms with E-state index in [4.69, 9.17) is 34.5 Å². The molecular weight excluding hydrogens is 626 g/mol. The van der Waals surface area contributed by atoms with E-state index in [-0.39, 0.29) is 36.2 Å². The first kappa shape index (κ1) is 35.9. The van der Waals surface area contributed by atoms with Crippen LogP contribution in [0.5, 0.6) is 0 Å². The number of guanidine groups is 1. The Hall–Kier alpha value is -3.91. The van der Waals surface area contributed by atoms with Crippen molar-refractivity contribution in [3.05, 3.63) is 34.9 Å². The zero-order valence-corrected chi connectivity index (χ0v) is 27.7. The first-order chi connectivity index (χ1) is 22.4. The van der Waals surface area contributed by atoms with Crippen molar-refractivity contribution in [2.24, 2.45) is 33.8 Å². The maximum absolute atomic E-state index is 14.1. The number of aliphatic imine (C=N–C) groups is 1. The lowest BCUT2D eigenvalue weighted by Gasteiger charge is -2.37. The molecular formula is C32H48ClN9O5. The highest BCUT2D eigenvalue weighted by Crippen LogP contribution is 2.41. The molecule has 10 N–H and O–H groups in total. The first-order valence-electron chi connectivity index (χ1n) is 16.5. The van der Waals surface area contributed by atoms with Gasteiger partial charge in [0.1, 0.15) is 24.2 Å². The fourth-order valence-corrected chi connectivity index (χ4v) is 7.20. The Morgan fingerprint density at radius 3 is 2.36 bits per heavy atom. The van der Waals surface area contributed by atoms with E-state index in [1.165, 1.54) is 6.92 Å². The van der Waals surface area contributed by atoms with Crippen molar-refractivity contribution >= 4 is 47.1 Å². The second kappa shape index (κ2) is 16.3. The molecule has 0 unspecified atom stereocenters. The van der Waals surface area contributed by atoms with Crippen molar-refractivity contribution in [1.29, 1.82) is 0 Å². The smallest absolute Gasteiger partial charge is 0.246 e. The molecule has 3 fully saturated rings. The van der Waals surface area contributed by atoms with Crippen LogP contribution in [-0.2, 0) is 30.4 Å². The van der Waals surface area contributed by atoms with Crippen molar-refractivity contribution in [1.82, 2.24) is 20.4 Å². The van der Waals surface area contributed by atoms with Gasteiger partial charge in [0.15, 0.2) is 5.96 Å². The summed E-state index contributed by atoms with van der Waals surface area (Å²) in [6.07, 6.45) is 6.35. The van der Waals surface area contributed by atoms with Gasteiger partial charge in [-0.15, -0.1) is 0 Å². The van der Waals surface area contributed by atoms with E-state index in [1.54, 1.807) is 34.1 Å². The highest BCUT2D eigenvalue weighted by atomic mass is 35.5. The number of benzene rings is 1. The number of nitrogens with two attached hydrogens (primary N) is 4. The van der Waals surface area contributed by atoms with E-state index in [0.717, 1.165) is 31.2 Å². The lowest BCUT2D eigenvalue weighted by Crippen LogP contribution is -2.58. The third-order valence-corrected chi connectivity index (χ3v) is 9.77. The summed E-state index contributed by atoms with van der Waals surface area (Å²) >= 11 is 5.94. The number of hydrogen-bond donors (Lipinski definition) is 6. The minimum absolute atomic E-state index is 0.0246. The highest BCUT2D eigenvalue weighted by Gasteiger charge is 2.51. The molecule has 0 bridgehead atoms. The Labute approximate surface area is 280 Å². The Morgan fingerprint density at radius 1 is 0.979 bits per heavy atom. The molecule has 1 saturated carbocycles. The van der Waals surface area contributed by atoms with E-state index >= 15 is 0 Å². The molecule has 258 valence electrons. The average molecular weight is 674 g/mol. The van der Waals surface area contributed by atoms with Gasteiger partial charge in [0.25, 0.3) is 0 Å². The van der Waals surface area contributed by atoms with E-state index < -0.39 is 47.9 Å². The van der Waals surface area contributed by atoms with Gasteiger partial charge in [-0.25, -0.2) is 0 Å². The van der Waals surface area contributed by atoms with E-state index in [2.05, 4.69) is 15.6 Å². The second-order valence-electron chi connectivity index (χ2n) is 12.9. The molecule has 0 aromatic heterocycles. The summed E-state index contributed by atoms with van der Waals surface area (Å²) < 4.78 is 0. The molecule has 3 aliphatic rings. The van der Waals surface area contributed by atoms with Gasteiger partial charge in [-0.05, 0) is 75.5 Å². The number of carbonyl (C=O) groups excluding carboxylic acids is 5. The van der Waals surface area contributed by atoms with Crippen molar-refractivity contribution in [3.8, 4) is 0 Å². The molecule has 47 heavy (non-hydrogen) atoms. The number of amides is 5. The molecule has 15 heteroatoms. The van der Waals surface area contributed by atoms with Gasteiger partial charge < -0.3 is 43.4 Å². The normalized spacial score (nSPS) is 24.1.